The lowest BCUT2D eigenvalue weighted by Crippen LogP contribution is -2.41. The number of amides is 1. The highest BCUT2D eigenvalue weighted by Gasteiger charge is 2.32. The second-order valence-corrected chi connectivity index (χ2v) is 4.78. The van der Waals surface area contributed by atoms with E-state index in [1.807, 2.05) is 6.92 Å². The number of nitrogens with zero attached hydrogens (tertiary/aromatic N) is 1. The zero-order chi connectivity index (χ0) is 13.0. The van der Waals surface area contributed by atoms with Crippen molar-refractivity contribution in [1.29, 1.82) is 0 Å². The lowest BCUT2D eigenvalue weighted by Gasteiger charge is -2.25. The van der Waals surface area contributed by atoms with E-state index < -0.39 is 0 Å². The van der Waals surface area contributed by atoms with Crippen molar-refractivity contribution in [2.75, 3.05) is 27.2 Å². The van der Waals surface area contributed by atoms with E-state index in [4.69, 9.17) is 0 Å². The summed E-state index contributed by atoms with van der Waals surface area (Å²) in [6.45, 7) is 5.09. The molecule has 0 aromatic rings. The van der Waals surface area contributed by atoms with Crippen LogP contribution >= 0.6 is 0 Å². The van der Waals surface area contributed by atoms with Gasteiger partial charge in [-0.05, 0) is 19.9 Å². The van der Waals surface area contributed by atoms with Crippen LogP contribution in [-0.2, 0) is 14.3 Å². The molecule has 98 valence electrons. The van der Waals surface area contributed by atoms with Crippen LogP contribution in [0.1, 0.15) is 20.3 Å². The average Bonchev–Trinajstić information content (AvgIpc) is 2.73. The monoisotopic (exact) mass is 242 g/mol. The largest absolute Gasteiger partial charge is 0.469 e. The smallest absolute Gasteiger partial charge is 0.310 e. The number of esters is 1. The lowest BCUT2D eigenvalue weighted by molar-refractivity contribution is -0.146. The number of ether oxygens (including phenoxy) is 1. The van der Waals surface area contributed by atoms with Crippen LogP contribution in [-0.4, -0.2) is 50.1 Å². The highest BCUT2D eigenvalue weighted by molar-refractivity contribution is 5.80. The topological polar surface area (TPSA) is 58.6 Å². The molecule has 0 radical (unpaired) electrons. The number of carbonyl (C=O) groups excluding carboxylic acids is 2. The van der Waals surface area contributed by atoms with Gasteiger partial charge in [0.1, 0.15) is 0 Å². The number of hydrogen-bond acceptors (Lipinski definition) is 4. The summed E-state index contributed by atoms with van der Waals surface area (Å²) in [7, 11) is 3.11. The molecule has 1 saturated heterocycles. The van der Waals surface area contributed by atoms with Crippen molar-refractivity contribution in [2.45, 2.75) is 26.3 Å². The van der Waals surface area contributed by atoms with Crippen molar-refractivity contribution in [3.63, 3.8) is 0 Å². The zero-order valence-corrected chi connectivity index (χ0v) is 11.0. The standard InChI is InChI=1S/C12H22N2O3/c1-8(12(16)17-4)7-14(3)11(15)10-5-6-13-9(10)2/h8-10,13H,5-7H2,1-4H3. The van der Waals surface area contributed by atoms with Gasteiger partial charge < -0.3 is 15.0 Å². The van der Waals surface area contributed by atoms with Gasteiger partial charge in [-0.2, -0.15) is 0 Å². The third kappa shape index (κ3) is 3.43. The van der Waals surface area contributed by atoms with E-state index in [0.717, 1.165) is 13.0 Å². The summed E-state index contributed by atoms with van der Waals surface area (Å²) >= 11 is 0. The normalized spacial score (nSPS) is 25.4. The molecular weight excluding hydrogens is 220 g/mol. The van der Waals surface area contributed by atoms with Crippen LogP contribution < -0.4 is 5.32 Å². The maximum atomic E-state index is 12.1. The lowest BCUT2D eigenvalue weighted by atomic mass is 10.00. The molecule has 1 N–H and O–H groups in total. The molecule has 5 nitrogen and oxygen atoms in total. The van der Waals surface area contributed by atoms with E-state index in [0.29, 0.717) is 6.54 Å². The van der Waals surface area contributed by atoms with E-state index in [-0.39, 0.29) is 29.8 Å². The Labute approximate surface area is 102 Å². The Kier molecular flexibility index (Phi) is 4.93. The molecule has 1 aliphatic rings. The van der Waals surface area contributed by atoms with Crippen LogP contribution in [0.15, 0.2) is 0 Å². The van der Waals surface area contributed by atoms with Gasteiger partial charge in [-0.3, -0.25) is 9.59 Å². The van der Waals surface area contributed by atoms with E-state index >= 15 is 0 Å². The summed E-state index contributed by atoms with van der Waals surface area (Å²) in [6, 6.07) is 0.221. The number of methoxy groups -OCH3 is 1. The van der Waals surface area contributed by atoms with E-state index in [2.05, 4.69) is 10.1 Å². The van der Waals surface area contributed by atoms with Crippen molar-refractivity contribution in [3.8, 4) is 0 Å². The molecule has 1 aliphatic heterocycles. The first-order valence-corrected chi connectivity index (χ1v) is 6.03. The highest BCUT2D eigenvalue weighted by atomic mass is 16.5. The maximum absolute atomic E-state index is 12.1. The first-order valence-electron chi connectivity index (χ1n) is 6.03. The molecule has 0 bridgehead atoms. The number of rotatable bonds is 4. The Morgan fingerprint density at radius 1 is 1.53 bits per heavy atom. The van der Waals surface area contributed by atoms with Gasteiger partial charge in [0.25, 0.3) is 0 Å². The minimum absolute atomic E-state index is 0.0323. The van der Waals surface area contributed by atoms with Crippen molar-refractivity contribution in [1.82, 2.24) is 10.2 Å². The van der Waals surface area contributed by atoms with Crippen molar-refractivity contribution in [2.24, 2.45) is 11.8 Å². The molecule has 3 unspecified atom stereocenters. The third-order valence-electron chi connectivity index (χ3n) is 3.37. The summed E-state index contributed by atoms with van der Waals surface area (Å²) in [4.78, 5) is 25.1. The van der Waals surface area contributed by atoms with Gasteiger partial charge in [0.2, 0.25) is 5.91 Å². The SMILES string of the molecule is COC(=O)C(C)CN(C)C(=O)C1CCNC1C. The fraction of sp³-hybridized carbons (Fsp3) is 0.833. The molecule has 1 amide bonds. The van der Waals surface area contributed by atoms with Gasteiger partial charge in [-0.25, -0.2) is 0 Å². The molecule has 3 atom stereocenters. The third-order valence-corrected chi connectivity index (χ3v) is 3.37. The van der Waals surface area contributed by atoms with E-state index in [1.54, 1.807) is 18.9 Å². The first-order chi connectivity index (χ1) is 7.97. The highest BCUT2D eigenvalue weighted by Crippen LogP contribution is 2.18. The number of hydrogen-bond donors (Lipinski definition) is 1. The molecule has 1 fully saturated rings. The Balaban J connectivity index is 2.49. The quantitative estimate of drug-likeness (QED) is 0.718. The fourth-order valence-electron chi connectivity index (χ4n) is 2.26. The van der Waals surface area contributed by atoms with Gasteiger partial charge in [0.05, 0.1) is 18.9 Å². The van der Waals surface area contributed by atoms with Crippen LogP contribution in [0.5, 0.6) is 0 Å². The molecule has 0 spiro atoms. The molecule has 5 heteroatoms. The van der Waals surface area contributed by atoms with Gasteiger partial charge >= 0.3 is 5.97 Å². The average molecular weight is 242 g/mol. The molecule has 1 rings (SSSR count). The van der Waals surface area contributed by atoms with Crippen molar-refractivity contribution in [3.05, 3.63) is 0 Å². The van der Waals surface area contributed by atoms with E-state index in [1.165, 1.54) is 7.11 Å². The summed E-state index contributed by atoms with van der Waals surface area (Å²) in [5.41, 5.74) is 0. The number of nitrogens with one attached hydrogen (secondary N) is 1. The predicted octanol–water partition coefficient (Wildman–Crippen LogP) is 0.252. The minimum Gasteiger partial charge on any atom is -0.469 e. The molecule has 17 heavy (non-hydrogen) atoms. The Morgan fingerprint density at radius 3 is 2.65 bits per heavy atom. The second-order valence-electron chi connectivity index (χ2n) is 4.78. The molecule has 0 aromatic carbocycles. The van der Waals surface area contributed by atoms with Crippen LogP contribution in [0.4, 0.5) is 0 Å². The minimum atomic E-state index is -0.279. The first kappa shape index (κ1) is 14.0. The van der Waals surface area contributed by atoms with Gasteiger partial charge in [0.15, 0.2) is 0 Å². The van der Waals surface area contributed by atoms with Crippen LogP contribution in [0.3, 0.4) is 0 Å². The summed E-state index contributed by atoms with van der Waals surface area (Å²) in [6.07, 6.45) is 0.872. The van der Waals surface area contributed by atoms with Gasteiger partial charge in [0, 0.05) is 19.6 Å². The zero-order valence-electron chi connectivity index (χ0n) is 11.0. The molecular formula is C12H22N2O3. The second kappa shape index (κ2) is 6.00. The Morgan fingerprint density at radius 2 is 2.18 bits per heavy atom. The predicted molar refractivity (Wildman–Crippen MR) is 64.4 cm³/mol. The van der Waals surface area contributed by atoms with Crippen LogP contribution in [0.25, 0.3) is 0 Å². The molecule has 1 heterocycles. The van der Waals surface area contributed by atoms with Crippen molar-refractivity contribution >= 4 is 11.9 Å². The summed E-state index contributed by atoms with van der Waals surface area (Å²) < 4.78 is 4.65. The Bertz CT molecular complexity index is 293. The number of carbonyl (C=O) groups is 2. The van der Waals surface area contributed by atoms with Gasteiger partial charge in [-0.15, -0.1) is 0 Å². The maximum Gasteiger partial charge on any atom is 0.310 e. The van der Waals surface area contributed by atoms with E-state index in [9.17, 15) is 9.59 Å². The fourth-order valence-corrected chi connectivity index (χ4v) is 2.26. The summed E-state index contributed by atoms with van der Waals surface area (Å²) in [5.74, 6) is -0.413. The molecule has 0 saturated carbocycles. The Hall–Kier alpha value is -1.10. The van der Waals surface area contributed by atoms with Crippen LogP contribution in [0, 0.1) is 11.8 Å². The van der Waals surface area contributed by atoms with Crippen LogP contribution in [0.2, 0.25) is 0 Å². The molecule has 0 aliphatic carbocycles. The van der Waals surface area contributed by atoms with Crippen molar-refractivity contribution < 1.29 is 14.3 Å². The summed E-state index contributed by atoms with van der Waals surface area (Å²) in [5, 5.41) is 3.25. The van der Waals surface area contributed by atoms with Gasteiger partial charge in [-0.1, -0.05) is 6.92 Å². The molecule has 0 aromatic heterocycles.